The van der Waals surface area contributed by atoms with Crippen LogP contribution in [0.1, 0.15) is 19.8 Å². The number of allylic oxidation sites excluding steroid dienone is 1. The molecule has 0 aliphatic rings. The molecule has 0 saturated carbocycles. The van der Waals surface area contributed by atoms with Crippen molar-refractivity contribution in [1.82, 2.24) is 0 Å². The Balaban J connectivity index is 3.21. The van der Waals surface area contributed by atoms with Crippen molar-refractivity contribution in [2.45, 2.75) is 19.8 Å². The van der Waals surface area contributed by atoms with Crippen LogP contribution < -0.4 is 5.73 Å². The second-order valence-corrected chi connectivity index (χ2v) is 2.14. The lowest BCUT2D eigenvalue weighted by Crippen LogP contribution is -1.97. The zero-order valence-electron chi connectivity index (χ0n) is 5.93. The number of unbranched alkanes of at least 4 members (excludes halogenated alkanes) is 1. The van der Waals surface area contributed by atoms with Gasteiger partial charge < -0.3 is 10.8 Å². The van der Waals surface area contributed by atoms with Crippen LogP contribution in [0.15, 0.2) is 11.6 Å². The standard InChI is InChI=1S/C7H15NO/c1-7(6-9)4-2-3-5-8/h4,9H,2-3,5-6,8H2,1H3/b7-4+. The summed E-state index contributed by atoms with van der Waals surface area (Å²) in [5.74, 6) is 0. The van der Waals surface area contributed by atoms with Gasteiger partial charge >= 0.3 is 0 Å². The van der Waals surface area contributed by atoms with Crippen molar-refractivity contribution in [2.75, 3.05) is 13.2 Å². The van der Waals surface area contributed by atoms with E-state index in [2.05, 4.69) is 0 Å². The van der Waals surface area contributed by atoms with Gasteiger partial charge in [0.15, 0.2) is 0 Å². The van der Waals surface area contributed by atoms with Crippen LogP contribution >= 0.6 is 0 Å². The highest BCUT2D eigenvalue weighted by molar-refractivity contribution is 4.97. The number of rotatable bonds is 4. The Morgan fingerprint density at radius 3 is 2.78 bits per heavy atom. The van der Waals surface area contributed by atoms with Gasteiger partial charge in [0.25, 0.3) is 0 Å². The van der Waals surface area contributed by atoms with Gasteiger partial charge in [-0.15, -0.1) is 0 Å². The largest absolute Gasteiger partial charge is 0.392 e. The van der Waals surface area contributed by atoms with E-state index in [-0.39, 0.29) is 6.61 Å². The highest BCUT2D eigenvalue weighted by atomic mass is 16.3. The Morgan fingerprint density at radius 1 is 1.67 bits per heavy atom. The average molecular weight is 129 g/mol. The van der Waals surface area contributed by atoms with Gasteiger partial charge in [0, 0.05) is 0 Å². The number of hydrogen-bond acceptors (Lipinski definition) is 2. The summed E-state index contributed by atoms with van der Waals surface area (Å²) < 4.78 is 0. The molecular formula is C7H15NO. The summed E-state index contributed by atoms with van der Waals surface area (Å²) in [5.41, 5.74) is 6.30. The minimum absolute atomic E-state index is 0.171. The van der Waals surface area contributed by atoms with Crippen LogP contribution in [0, 0.1) is 0 Å². The molecule has 0 amide bonds. The molecule has 3 N–H and O–H groups in total. The number of aliphatic hydroxyl groups excluding tert-OH is 1. The van der Waals surface area contributed by atoms with Gasteiger partial charge in [-0.05, 0) is 26.3 Å². The minimum atomic E-state index is 0.171. The minimum Gasteiger partial charge on any atom is -0.392 e. The van der Waals surface area contributed by atoms with Crippen molar-refractivity contribution in [3.8, 4) is 0 Å². The van der Waals surface area contributed by atoms with Crippen molar-refractivity contribution in [2.24, 2.45) is 5.73 Å². The molecule has 0 aromatic heterocycles. The van der Waals surface area contributed by atoms with Crippen molar-refractivity contribution in [3.63, 3.8) is 0 Å². The van der Waals surface area contributed by atoms with Gasteiger partial charge in [-0.2, -0.15) is 0 Å². The molecule has 0 rings (SSSR count). The predicted molar refractivity (Wildman–Crippen MR) is 39.1 cm³/mol. The van der Waals surface area contributed by atoms with E-state index in [4.69, 9.17) is 10.8 Å². The molecular weight excluding hydrogens is 114 g/mol. The van der Waals surface area contributed by atoms with E-state index >= 15 is 0 Å². The second-order valence-electron chi connectivity index (χ2n) is 2.14. The molecule has 2 nitrogen and oxygen atoms in total. The van der Waals surface area contributed by atoms with Crippen molar-refractivity contribution in [3.05, 3.63) is 11.6 Å². The van der Waals surface area contributed by atoms with E-state index in [1.165, 1.54) is 0 Å². The lowest BCUT2D eigenvalue weighted by molar-refractivity contribution is 0.331. The third-order valence-electron chi connectivity index (χ3n) is 1.15. The van der Waals surface area contributed by atoms with Crippen molar-refractivity contribution >= 4 is 0 Å². The SMILES string of the molecule is C/C(=C\CCCN)CO. The monoisotopic (exact) mass is 129 g/mol. The molecule has 0 aliphatic heterocycles. The van der Waals surface area contributed by atoms with Gasteiger partial charge in [-0.1, -0.05) is 11.6 Å². The molecule has 0 spiro atoms. The summed E-state index contributed by atoms with van der Waals surface area (Å²) in [6.07, 6.45) is 4.02. The Bertz CT molecular complexity index is 88.9. The third-order valence-corrected chi connectivity index (χ3v) is 1.15. The maximum Gasteiger partial charge on any atom is 0.0639 e. The zero-order chi connectivity index (χ0) is 7.11. The van der Waals surface area contributed by atoms with Crippen LogP contribution in [-0.2, 0) is 0 Å². The Hall–Kier alpha value is -0.340. The summed E-state index contributed by atoms with van der Waals surface area (Å²) >= 11 is 0. The molecule has 0 atom stereocenters. The first-order valence-corrected chi connectivity index (χ1v) is 3.27. The maximum absolute atomic E-state index is 8.53. The van der Waals surface area contributed by atoms with E-state index in [0.29, 0.717) is 0 Å². The first kappa shape index (κ1) is 8.66. The summed E-state index contributed by atoms with van der Waals surface area (Å²) in [6, 6.07) is 0. The maximum atomic E-state index is 8.53. The smallest absolute Gasteiger partial charge is 0.0639 e. The molecule has 0 bridgehead atoms. The molecule has 0 fully saturated rings. The second kappa shape index (κ2) is 5.79. The van der Waals surface area contributed by atoms with Gasteiger partial charge in [0.05, 0.1) is 6.61 Å². The predicted octanol–water partition coefficient (Wildman–Crippen LogP) is 0.664. The number of nitrogens with two attached hydrogens (primary N) is 1. The first-order chi connectivity index (χ1) is 4.31. The molecule has 0 aromatic carbocycles. The molecule has 0 aromatic rings. The van der Waals surface area contributed by atoms with Crippen LogP contribution in [0.5, 0.6) is 0 Å². The van der Waals surface area contributed by atoms with Crippen molar-refractivity contribution < 1.29 is 5.11 Å². The fourth-order valence-corrected chi connectivity index (χ4v) is 0.531. The molecule has 54 valence electrons. The quantitative estimate of drug-likeness (QED) is 0.433. The van der Waals surface area contributed by atoms with Crippen LogP contribution in [0.3, 0.4) is 0 Å². The van der Waals surface area contributed by atoms with Crippen molar-refractivity contribution in [1.29, 1.82) is 0 Å². The van der Waals surface area contributed by atoms with Crippen LogP contribution in [-0.4, -0.2) is 18.3 Å². The summed E-state index contributed by atoms with van der Waals surface area (Å²) in [6.45, 7) is 2.82. The number of hydrogen-bond donors (Lipinski definition) is 2. The fraction of sp³-hybridized carbons (Fsp3) is 0.714. The highest BCUT2D eigenvalue weighted by Crippen LogP contribution is 1.95. The molecule has 0 saturated heterocycles. The van der Waals surface area contributed by atoms with E-state index in [9.17, 15) is 0 Å². The summed E-state index contributed by atoms with van der Waals surface area (Å²) in [7, 11) is 0. The number of aliphatic hydroxyl groups is 1. The van der Waals surface area contributed by atoms with Gasteiger partial charge in [-0.25, -0.2) is 0 Å². The van der Waals surface area contributed by atoms with E-state index in [1.807, 2.05) is 13.0 Å². The molecule has 0 unspecified atom stereocenters. The Morgan fingerprint density at radius 2 is 2.33 bits per heavy atom. The van der Waals surface area contributed by atoms with Gasteiger partial charge in [-0.3, -0.25) is 0 Å². The molecule has 0 aliphatic carbocycles. The van der Waals surface area contributed by atoms with Crippen LogP contribution in [0.25, 0.3) is 0 Å². The van der Waals surface area contributed by atoms with Gasteiger partial charge in [0.1, 0.15) is 0 Å². The van der Waals surface area contributed by atoms with Crippen LogP contribution in [0.2, 0.25) is 0 Å². The van der Waals surface area contributed by atoms with E-state index in [1.54, 1.807) is 0 Å². The third kappa shape index (κ3) is 5.53. The van der Waals surface area contributed by atoms with Crippen LogP contribution in [0.4, 0.5) is 0 Å². The average Bonchev–Trinajstić information content (AvgIpc) is 1.89. The molecule has 2 heteroatoms. The summed E-state index contributed by atoms with van der Waals surface area (Å²) in [5, 5.41) is 8.53. The fourth-order valence-electron chi connectivity index (χ4n) is 0.531. The zero-order valence-corrected chi connectivity index (χ0v) is 5.93. The Kier molecular flexibility index (Phi) is 5.57. The normalized spacial score (nSPS) is 12.1. The first-order valence-electron chi connectivity index (χ1n) is 3.27. The Labute approximate surface area is 56.4 Å². The van der Waals surface area contributed by atoms with Gasteiger partial charge in [0.2, 0.25) is 0 Å². The molecule has 0 radical (unpaired) electrons. The lowest BCUT2D eigenvalue weighted by atomic mass is 10.2. The van der Waals surface area contributed by atoms with E-state index < -0.39 is 0 Å². The highest BCUT2D eigenvalue weighted by Gasteiger charge is 1.83. The molecule has 9 heavy (non-hydrogen) atoms. The molecule has 0 heterocycles. The van der Waals surface area contributed by atoms with E-state index in [0.717, 1.165) is 25.0 Å². The lowest BCUT2D eigenvalue weighted by Gasteiger charge is -1.93. The summed E-state index contributed by atoms with van der Waals surface area (Å²) in [4.78, 5) is 0. The topological polar surface area (TPSA) is 46.2 Å².